The van der Waals surface area contributed by atoms with Crippen molar-refractivity contribution in [2.45, 2.75) is 13.3 Å². The summed E-state index contributed by atoms with van der Waals surface area (Å²) in [6, 6.07) is 0. The van der Waals surface area contributed by atoms with Crippen LogP contribution in [0.1, 0.15) is 13.3 Å². The molecule has 1 aliphatic rings. The van der Waals surface area contributed by atoms with Crippen molar-refractivity contribution in [3.63, 3.8) is 0 Å². The summed E-state index contributed by atoms with van der Waals surface area (Å²) >= 11 is 0. The van der Waals surface area contributed by atoms with Crippen LogP contribution in [0, 0.1) is 0 Å². The molecule has 0 amide bonds. The van der Waals surface area contributed by atoms with Gasteiger partial charge in [-0.3, -0.25) is 4.99 Å². The fourth-order valence-electron chi connectivity index (χ4n) is 0.846. The molecule has 0 unspecified atom stereocenters. The van der Waals surface area contributed by atoms with E-state index in [-0.39, 0.29) is 5.70 Å². The Morgan fingerprint density at radius 3 is 3.08 bits per heavy atom. The molecular formula is C9H10N2O2. The van der Waals surface area contributed by atoms with E-state index in [2.05, 4.69) is 9.98 Å². The Balaban J connectivity index is 2.98. The first-order chi connectivity index (χ1) is 6.20. The molecule has 0 atom stereocenters. The lowest BCUT2D eigenvalue weighted by atomic mass is 10.3. The third kappa shape index (κ3) is 3.02. The molecule has 1 N–H and O–H groups in total. The zero-order chi connectivity index (χ0) is 9.68. The first-order valence-electron chi connectivity index (χ1n) is 3.86. The summed E-state index contributed by atoms with van der Waals surface area (Å²) in [5.41, 5.74) is 0.729. The number of aliphatic carboxylic acids is 1. The Labute approximate surface area is 76.0 Å². The highest BCUT2D eigenvalue weighted by Gasteiger charge is 2.05. The Hall–Kier alpha value is -1.71. The van der Waals surface area contributed by atoms with Crippen LogP contribution < -0.4 is 0 Å². The summed E-state index contributed by atoms with van der Waals surface area (Å²) in [7, 11) is 0. The predicted molar refractivity (Wildman–Crippen MR) is 51.1 cm³/mol. The van der Waals surface area contributed by atoms with E-state index in [4.69, 9.17) is 5.11 Å². The highest BCUT2D eigenvalue weighted by atomic mass is 16.4. The van der Waals surface area contributed by atoms with Crippen molar-refractivity contribution in [2.75, 3.05) is 0 Å². The Bertz CT molecular complexity index is 325. The van der Waals surface area contributed by atoms with Gasteiger partial charge in [0.1, 0.15) is 0 Å². The van der Waals surface area contributed by atoms with E-state index < -0.39 is 5.97 Å². The van der Waals surface area contributed by atoms with Crippen molar-refractivity contribution in [3.8, 4) is 0 Å². The number of hydrogen-bond donors (Lipinski definition) is 1. The first kappa shape index (κ1) is 9.38. The predicted octanol–water partition coefficient (Wildman–Crippen LogP) is 1.40. The van der Waals surface area contributed by atoms with Crippen molar-refractivity contribution in [2.24, 2.45) is 9.98 Å². The maximum atomic E-state index is 10.6. The summed E-state index contributed by atoms with van der Waals surface area (Å²) in [5, 5.41) is 8.70. The molecule has 0 fully saturated rings. The molecule has 1 aliphatic heterocycles. The van der Waals surface area contributed by atoms with Gasteiger partial charge in [0, 0.05) is 18.3 Å². The first-order valence-corrected chi connectivity index (χ1v) is 3.86. The van der Waals surface area contributed by atoms with E-state index in [9.17, 15) is 4.79 Å². The molecule has 1 heterocycles. The molecule has 0 aliphatic carbocycles. The minimum Gasteiger partial charge on any atom is -0.476 e. The Morgan fingerprint density at radius 1 is 1.62 bits per heavy atom. The van der Waals surface area contributed by atoms with Gasteiger partial charge in [-0.25, -0.2) is 9.79 Å². The lowest BCUT2D eigenvalue weighted by molar-refractivity contribution is -0.132. The largest absolute Gasteiger partial charge is 0.476 e. The number of rotatable bonds is 1. The molecule has 4 nitrogen and oxygen atoms in total. The Morgan fingerprint density at radius 2 is 2.38 bits per heavy atom. The van der Waals surface area contributed by atoms with Crippen LogP contribution >= 0.6 is 0 Å². The third-order valence-electron chi connectivity index (χ3n) is 1.45. The normalized spacial score (nSPS) is 25.6. The smallest absolute Gasteiger partial charge is 0.356 e. The minimum atomic E-state index is -1.06. The van der Waals surface area contributed by atoms with Crippen molar-refractivity contribution < 1.29 is 9.90 Å². The van der Waals surface area contributed by atoms with Crippen LogP contribution in [0.4, 0.5) is 0 Å². The molecule has 0 aromatic heterocycles. The van der Waals surface area contributed by atoms with Crippen LogP contribution in [-0.2, 0) is 4.79 Å². The summed E-state index contributed by atoms with van der Waals surface area (Å²) in [4.78, 5) is 18.3. The fraction of sp³-hybridized carbons (Fsp3) is 0.222. The number of hydrogen-bond acceptors (Lipinski definition) is 3. The summed E-state index contributed by atoms with van der Waals surface area (Å²) < 4.78 is 0. The van der Waals surface area contributed by atoms with Gasteiger partial charge in [0.05, 0.1) is 6.20 Å². The SMILES string of the molecule is CC1=N\C(C(=O)O)=C/N=C\C=C/C1. The van der Waals surface area contributed by atoms with Gasteiger partial charge in [-0.1, -0.05) is 6.08 Å². The number of aliphatic imine (C=N–C) groups is 2. The molecule has 0 saturated heterocycles. The number of allylic oxidation sites excluding steroid dienone is 2. The molecule has 0 radical (unpaired) electrons. The molecule has 0 aromatic carbocycles. The van der Waals surface area contributed by atoms with Crippen LogP contribution in [0.25, 0.3) is 0 Å². The van der Waals surface area contributed by atoms with Gasteiger partial charge in [0.15, 0.2) is 5.70 Å². The number of carbonyl (C=O) groups is 1. The second kappa shape index (κ2) is 4.35. The van der Waals surface area contributed by atoms with E-state index in [0.717, 1.165) is 5.71 Å². The topological polar surface area (TPSA) is 62.0 Å². The second-order valence-corrected chi connectivity index (χ2v) is 2.60. The van der Waals surface area contributed by atoms with Gasteiger partial charge >= 0.3 is 5.97 Å². The van der Waals surface area contributed by atoms with Gasteiger partial charge in [-0.2, -0.15) is 0 Å². The van der Waals surface area contributed by atoms with Gasteiger partial charge in [-0.05, 0) is 13.0 Å². The average Bonchev–Trinajstić information content (AvgIpc) is 2.16. The van der Waals surface area contributed by atoms with Crippen molar-refractivity contribution in [1.29, 1.82) is 0 Å². The van der Waals surface area contributed by atoms with Crippen molar-refractivity contribution >= 4 is 17.9 Å². The molecule has 13 heavy (non-hydrogen) atoms. The van der Waals surface area contributed by atoms with Gasteiger partial charge in [0.2, 0.25) is 0 Å². The van der Waals surface area contributed by atoms with Gasteiger partial charge < -0.3 is 5.11 Å². The zero-order valence-corrected chi connectivity index (χ0v) is 7.27. The standard InChI is InChI=1S/C9H10N2O2/c1-7-4-2-3-5-10-6-8(11-7)9(12)13/h2-3,5-6H,4H2,1H3,(H,12,13)/b3-2-,8-6-,10-5-,11-7?. The number of nitrogens with zero attached hydrogens (tertiary/aromatic N) is 2. The van der Waals surface area contributed by atoms with Crippen LogP contribution in [0.5, 0.6) is 0 Å². The molecule has 0 aromatic rings. The minimum absolute atomic E-state index is 0.0301. The van der Waals surface area contributed by atoms with Gasteiger partial charge in [0.25, 0.3) is 0 Å². The zero-order valence-electron chi connectivity index (χ0n) is 7.27. The maximum absolute atomic E-state index is 10.6. The van der Waals surface area contributed by atoms with E-state index in [1.165, 1.54) is 12.4 Å². The van der Waals surface area contributed by atoms with E-state index in [0.29, 0.717) is 6.42 Å². The summed E-state index contributed by atoms with van der Waals surface area (Å²) in [6.45, 7) is 1.78. The van der Waals surface area contributed by atoms with E-state index in [1.54, 1.807) is 13.0 Å². The summed E-state index contributed by atoms with van der Waals surface area (Å²) in [5.74, 6) is -1.06. The molecule has 1 rings (SSSR count). The van der Waals surface area contributed by atoms with Crippen molar-refractivity contribution in [1.82, 2.24) is 0 Å². The molecule has 0 spiro atoms. The quantitative estimate of drug-likeness (QED) is 0.659. The lowest BCUT2D eigenvalue weighted by Gasteiger charge is -1.95. The molecule has 4 heteroatoms. The second-order valence-electron chi connectivity index (χ2n) is 2.60. The number of carboxylic acids is 1. The molecular weight excluding hydrogens is 168 g/mol. The average molecular weight is 178 g/mol. The number of carboxylic acid groups (broad SMARTS) is 1. The van der Waals surface area contributed by atoms with Crippen molar-refractivity contribution in [3.05, 3.63) is 24.0 Å². The molecule has 68 valence electrons. The lowest BCUT2D eigenvalue weighted by Crippen LogP contribution is -2.00. The van der Waals surface area contributed by atoms with E-state index in [1.807, 2.05) is 6.08 Å². The van der Waals surface area contributed by atoms with Crippen LogP contribution in [0.3, 0.4) is 0 Å². The van der Waals surface area contributed by atoms with Crippen LogP contribution in [0.15, 0.2) is 34.0 Å². The third-order valence-corrected chi connectivity index (χ3v) is 1.45. The fourth-order valence-corrected chi connectivity index (χ4v) is 0.846. The van der Waals surface area contributed by atoms with Crippen LogP contribution in [-0.4, -0.2) is 23.0 Å². The van der Waals surface area contributed by atoms with E-state index >= 15 is 0 Å². The van der Waals surface area contributed by atoms with Gasteiger partial charge in [-0.15, -0.1) is 0 Å². The summed E-state index contributed by atoms with van der Waals surface area (Å²) in [6.07, 6.45) is 7.07. The van der Waals surface area contributed by atoms with Crippen LogP contribution in [0.2, 0.25) is 0 Å². The highest BCUT2D eigenvalue weighted by molar-refractivity contribution is 5.93. The molecule has 0 saturated carbocycles. The highest BCUT2D eigenvalue weighted by Crippen LogP contribution is 2.02. The maximum Gasteiger partial charge on any atom is 0.356 e. The Kier molecular flexibility index (Phi) is 3.14. The monoisotopic (exact) mass is 178 g/mol. The molecule has 0 bridgehead atoms.